The molecule has 0 aliphatic rings. The van der Waals surface area contributed by atoms with Crippen LogP contribution in [-0.4, -0.2) is 33.6 Å². The lowest BCUT2D eigenvalue weighted by Gasteiger charge is -2.19. The fourth-order valence-electron chi connectivity index (χ4n) is 1.71. The number of aryl methyl sites for hydroxylation is 2. The number of aromatic nitrogens is 4. The van der Waals surface area contributed by atoms with Gasteiger partial charge in [0.25, 0.3) is 5.89 Å². The van der Waals surface area contributed by atoms with Gasteiger partial charge in [0, 0.05) is 6.61 Å². The standard InChI is InChI=1S/C13H19N5O2/c1-5-19-7-13(4,14)12-15-11(20-18-12)10-6-8(2)16-17-9(10)3/h6H,5,7,14H2,1-4H3. The highest BCUT2D eigenvalue weighted by molar-refractivity contribution is 5.55. The van der Waals surface area contributed by atoms with Crippen LogP contribution >= 0.6 is 0 Å². The Bertz CT molecular complexity index is 594. The van der Waals surface area contributed by atoms with E-state index < -0.39 is 5.54 Å². The van der Waals surface area contributed by atoms with Crippen LogP contribution in [0.5, 0.6) is 0 Å². The van der Waals surface area contributed by atoms with Gasteiger partial charge in [-0.05, 0) is 33.8 Å². The molecule has 2 heterocycles. The van der Waals surface area contributed by atoms with E-state index in [0.29, 0.717) is 24.9 Å². The molecule has 20 heavy (non-hydrogen) atoms. The molecule has 0 fully saturated rings. The molecular weight excluding hydrogens is 258 g/mol. The molecule has 0 bridgehead atoms. The van der Waals surface area contributed by atoms with Gasteiger partial charge in [0.05, 0.1) is 23.6 Å². The van der Waals surface area contributed by atoms with E-state index in [9.17, 15) is 0 Å². The fraction of sp³-hybridized carbons (Fsp3) is 0.538. The first kappa shape index (κ1) is 14.5. The molecule has 1 atom stereocenters. The lowest BCUT2D eigenvalue weighted by Crippen LogP contribution is -2.39. The summed E-state index contributed by atoms with van der Waals surface area (Å²) in [5, 5.41) is 12.0. The zero-order valence-electron chi connectivity index (χ0n) is 12.2. The summed E-state index contributed by atoms with van der Waals surface area (Å²) >= 11 is 0. The van der Waals surface area contributed by atoms with Crippen molar-refractivity contribution in [1.29, 1.82) is 0 Å². The molecule has 108 valence electrons. The molecule has 0 aliphatic carbocycles. The van der Waals surface area contributed by atoms with Crippen LogP contribution in [0.25, 0.3) is 11.5 Å². The summed E-state index contributed by atoms with van der Waals surface area (Å²) in [6, 6.07) is 1.86. The quantitative estimate of drug-likeness (QED) is 0.880. The van der Waals surface area contributed by atoms with Crippen LogP contribution in [0.4, 0.5) is 0 Å². The smallest absolute Gasteiger partial charge is 0.259 e. The van der Waals surface area contributed by atoms with Crippen molar-refractivity contribution in [3.63, 3.8) is 0 Å². The van der Waals surface area contributed by atoms with Crippen molar-refractivity contribution in [1.82, 2.24) is 20.3 Å². The molecule has 7 nitrogen and oxygen atoms in total. The Balaban J connectivity index is 2.31. The van der Waals surface area contributed by atoms with Crippen LogP contribution in [0.2, 0.25) is 0 Å². The van der Waals surface area contributed by atoms with Gasteiger partial charge in [0.15, 0.2) is 5.82 Å². The Morgan fingerprint density at radius 1 is 1.35 bits per heavy atom. The highest BCUT2D eigenvalue weighted by Crippen LogP contribution is 2.23. The van der Waals surface area contributed by atoms with Crippen molar-refractivity contribution >= 4 is 0 Å². The first-order chi connectivity index (χ1) is 9.44. The SMILES string of the molecule is CCOCC(C)(N)c1noc(-c2cc(C)nnc2C)n1. The zero-order valence-corrected chi connectivity index (χ0v) is 12.2. The van der Waals surface area contributed by atoms with Crippen LogP contribution in [0.1, 0.15) is 31.1 Å². The van der Waals surface area contributed by atoms with Gasteiger partial charge in [0.1, 0.15) is 5.54 Å². The van der Waals surface area contributed by atoms with E-state index in [1.54, 1.807) is 6.92 Å². The van der Waals surface area contributed by atoms with Gasteiger partial charge < -0.3 is 15.0 Å². The summed E-state index contributed by atoms with van der Waals surface area (Å²) in [7, 11) is 0. The van der Waals surface area contributed by atoms with E-state index in [4.69, 9.17) is 15.0 Å². The monoisotopic (exact) mass is 277 g/mol. The summed E-state index contributed by atoms with van der Waals surface area (Å²) in [6.45, 7) is 8.33. The Hall–Kier alpha value is -1.86. The molecule has 0 amide bonds. The van der Waals surface area contributed by atoms with E-state index in [2.05, 4.69) is 20.3 Å². The van der Waals surface area contributed by atoms with E-state index >= 15 is 0 Å². The molecular formula is C13H19N5O2. The van der Waals surface area contributed by atoms with E-state index in [1.807, 2.05) is 26.8 Å². The number of hydrogen-bond donors (Lipinski definition) is 1. The van der Waals surface area contributed by atoms with E-state index in [0.717, 1.165) is 17.0 Å². The molecule has 2 aromatic rings. The van der Waals surface area contributed by atoms with Gasteiger partial charge in [-0.15, -0.1) is 0 Å². The minimum Gasteiger partial charge on any atom is -0.379 e. The second-order valence-corrected chi connectivity index (χ2v) is 4.96. The third kappa shape index (κ3) is 3.00. The van der Waals surface area contributed by atoms with Crippen LogP contribution in [0, 0.1) is 13.8 Å². The average molecular weight is 277 g/mol. The number of hydrogen-bond acceptors (Lipinski definition) is 7. The Morgan fingerprint density at radius 3 is 2.80 bits per heavy atom. The van der Waals surface area contributed by atoms with Gasteiger partial charge >= 0.3 is 0 Å². The van der Waals surface area contributed by atoms with Gasteiger partial charge in [-0.3, -0.25) is 0 Å². The second kappa shape index (κ2) is 5.64. The van der Waals surface area contributed by atoms with Crippen molar-refractivity contribution in [3.05, 3.63) is 23.3 Å². The summed E-state index contributed by atoms with van der Waals surface area (Å²) in [6.07, 6.45) is 0. The van der Waals surface area contributed by atoms with E-state index in [-0.39, 0.29) is 0 Å². The average Bonchev–Trinajstić information content (AvgIpc) is 2.89. The van der Waals surface area contributed by atoms with Crippen molar-refractivity contribution in [2.45, 2.75) is 33.2 Å². The first-order valence-corrected chi connectivity index (χ1v) is 6.46. The molecule has 2 aromatic heterocycles. The predicted octanol–water partition coefficient (Wildman–Crippen LogP) is 1.35. The van der Waals surface area contributed by atoms with Gasteiger partial charge in [0.2, 0.25) is 0 Å². The maximum atomic E-state index is 6.15. The lowest BCUT2D eigenvalue weighted by atomic mass is 10.1. The third-order valence-corrected chi connectivity index (χ3v) is 2.87. The largest absolute Gasteiger partial charge is 0.379 e. The highest BCUT2D eigenvalue weighted by Gasteiger charge is 2.28. The normalized spacial score (nSPS) is 14.2. The van der Waals surface area contributed by atoms with Crippen molar-refractivity contribution in [2.75, 3.05) is 13.2 Å². The van der Waals surface area contributed by atoms with Crippen LogP contribution < -0.4 is 5.73 Å². The van der Waals surface area contributed by atoms with Gasteiger partial charge in [-0.25, -0.2) is 0 Å². The van der Waals surface area contributed by atoms with E-state index in [1.165, 1.54) is 0 Å². The molecule has 0 saturated carbocycles. The summed E-state index contributed by atoms with van der Waals surface area (Å²) < 4.78 is 10.6. The minimum absolute atomic E-state index is 0.328. The number of nitrogens with zero attached hydrogens (tertiary/aromatic N) is 4. The molecule has 2 N–H and O–H groups in total. The maximum Gasteiger partial charge on any atom is 0.259 e. The second-order valence-electron chi connectivity index (χ2n) is 4.96. The fourth-order valence-corrected chi connectivity index (χ4v) is 1.71. The lowest BCUT2D eigenvalue weighted by molar-refractivity contribution is 0.0962. The van der Waals surface area contributed by atoms with Crippen molar-refractivity contribution < 1.29 is 9.26 Å². The minimum atomic E-state index is -0.791. The number of rotatable bonds is 5. The maximum absolute atomic E-state index is 6.15. The molecule has 7 heteroatoms. The molecule has 0 aromatic carbocycles. The molecule has 0 radical (unpaired) electrons. The van der Waals surface area contributed by atoms with Gasteiger partial charge in [-0.1, -0.05) is 5.16 Å². The molecule has 1 unspecified atom stereocenters. The van der Waals surface area contributed by atoms with Crippen LogP contribution in [0.15, 0.2) is 10.6 Å². The van der Waals surface area contributed by atoms with Crippen molar-refractivity contribution in [3.8, 4) is 11.5 Å². The van der Waals surface area contributed by atoms with Crippen LogP contribution in [-0.2, 0) is 10.3 Å². The topological polar surface area (TPSA) is 100.0 Å². The summed E-state index contributed by atoms with van der Waals surface area (Å²) in [5.74, 6) is 0.804. The molecule has 0 aliphatic heterocycles. The number of nitrogens with two attached hydrogens (primary N) is 1. The zero-order chi connectivity index (χ0) is 14.8. The third-order valence-electron chi connectivity index (χ3n) is 2.87. The Kier molecular flexibility index (Phi) is 4.10. The molecule has 0 saturated heterocycles. The van der Waals surface area contributed by atoms with Crippen LogP contribution in [0.3, 0.4) is 0 Å². The Morgan fingerprint density at radius 2 is 2.10 bits per heavy atom. The highest BCUT2D eigenvalue weighted by atomic mass is 16.5. The summed E-state index contributed by atoms with van der Waals surface area (Å²) in [4.78, 5) is 4.36. The first-order valence-electron chi connectivity index (χ1n) is 6.46. The summed E-state index contributed by atoms with van der Waals surface area (Å²) in [5.41, 5.74) is 7.64. The number of ether oxygens (including phenoxy) is 1. The van der Waals surface area contributed by atoms with Gasteiger partial charge in [-0.2, -0.15) is 15.2 Å². The molecule has 2 rings (SSSR count). The predicted molar refractivity (Wildman–Crippen MR) is 72.8 cm³/mol. The Labute approximate surface area is 117 Å². The molecule has 0 spiro atoms. The van der Waals surface area contributed by atoms with Crippen molar-refractivity contribution in [2.24, 2.45) is 5.73 Å².